The molecule has 0 bridgehead atoms. The van der Waals surface area contributed by atoms with Crippen LogP contribution in [0.25, 0.3) is 0 Å². The fraction of sp³-hybridized carbons (Fsp3) is 0.526. The SMILES string of the molecule is Cc1nnc2n1[C@@H](CC(C)C)CN(C(=O)Cc1ccccc1C(F)(F)F)C2. The van der Waals surface area contributed by atoms with Crippen molar-refractivity contribution in [2.75, 3.05) is 6.54 Å². The van der Waals surface area contributed by atoms with Crippen LogP contribution in [0, 0.1) is 12.8 Å². The Kier molecular flexibility index (Phi) is 5.26. The third-order valence-corrected chi connectivity index (χ3v) is 4.83. The van der Waals surface area contributed by atoms with Gasteiger partial charge in [-0.1, -0.05) is 32.0 Å². The quantitative estimate of drug-likeness (QED) is 0.811. The molecule has 2 aromatic rings. The smallest absolute Gasteiger partial charge is 0.333 e. The van der Waals surface area contributed by atoms with Gasteiger partial charge in [0.1, 0.15) is 5.82 Å². The van der Waals surface area contributed by atoms with E-state index in [0.29, 0.717) is 18.3 Å². The summed E-state index contributed by atoms with van der Waals surface area (Å²) >= 11 is 0. The predicted octanol–water partition coefficient (Wildman–Crippen LogP) is 3.78. The summed E-state index contributed by atoms with van der Waals surface area (Å²) < 4.78 is 41.6. The van der Waals surface area contributed by atoms with Gasteiger partial charge < -0.3 is 9.47 Å². The van der Waals surface area contributed by atoms with Gasteiger partial charge in [0.15, 0.2) is 5.82 Å². The first-order chi connectivity index (χ1) is 12.7. The lowest BCUT2D eigenvalue weighted by Crippen LogP contribution is -2.42. The molecular weight excluding hydrogens is 357 g/mol. The van der Waals surface area contributed by atoms with E-state index >= 15 is 0 Å². The third-order valence-electron chi connectivity index (χ3n) is 4.83. The van der Waals surface area contributed by atoms with E-state index in [2.05, 4.69) is 24.0 Å². The average Bonchev–Trinajstić information content (AvgIpc) is 2.95. The van der Waals surface area contributed by atoms with Crippen molar-refractivity contribution in [1.82, 2.24) is 19.7 Å². The molecule has 0 aliphatic carbocycles. The highest BCUT2D eigenvalue weighted by Crippen LogP contribution is 2.33. The number of halogens is 3. The molecule has 0 saturated heterocycles. The molecule has 0 radical (unpaired) electrons. The van der Waals surface area contributed by atoms with Crippen molar-refractivity contribution in [3.8, 4) is 0 Å². The number of aromatic nitrogens is 3. The summed E-state index contributed by atoms with van der Waals surface area (Å²) in [5.41, 5.74) is -0.758. The van der Waals surface area contributed by atoms with E-state index in [-0.39, 0.29) is 30.5 Å². The van der Waals surface area contributed by atoms with Gasteiger partial charge in [-0.2, -0.15) is 13.2 Å². The zero-order valence-corrected chi connectivity index (χ0v) is 15.6. The van der Waals surface area contributed by atoms with Crippen molar-refractivity contribution >= 4 is 5.91 Å². The Morgan fingerprint density at radius 1 is 1.26 bits per heavy atom. The van der Waals surface area contributed by atoms with Crippen LogP contribution in [0.4, 0.5) is 13.2 Å². The number of hydrogen-bond donors (Lipinski definition) is 0. The Morgan fingerprint density at radius 3 is 2.63 bits per heavy atom. The van der Waals surface area contributed by atoms with Crippen LogP contribution in [0.2, 0.25) is 0 Å². The van der Waals surface area contributed by atoms with Gasteiger partial charge in [-0.3, -0.25) is 4.79 Å². The molecule has 8 heteroatoms. The fourth-order valence-electron chi connectivity index (χ4n) is 3.71. The number of aryl methyl sites for hydroxylation is 1. The van der Waals surface area contributed by atoms with Crippen LogP contribution in [-0.4, -0.2) is 32.1 Å². The van der Waals surface area contributed by atoms with Crippen molar-refractivity contribution in [1.29, 1.82) is 0 Å². The molecular formula is C19H23F3N4O. The molecule has 1 aromatic heterocycles. The minimum atomic E-state index is -4.48. The number of nitrogens with zero attached hydrogens (tertiary/aromatic N) is 4. The van der Waals surface area contributed by atoms with E-state index in [9.17, 15) is 18.0 Å². The van der Waals surface area contributed by atoms with Crippen molar-refractivity contribution in [2.24, 2.45) is 5.92 Å². The Hall–Kier alpha value is -2.38. The molecule has 3 rings (SSSR count). The van der Waals surface area contributed by atoms with Crippen LogP contribution in [0.1, 0.15) is 49.1 Å². The minimum absolute atomic E-state index is 0.00127. The molecule has 0 spiro atoms. The van der Waals surface area contributed by atoms with E-state index in [1.165, 1.54) is 18.2 Å². The zero-order chi connectivity index (χ0) is 19.8. The van der Waals surface area contributed by atoms with E-state index in [0.717, 1.165) is 18.3 Å². The highest BCUT2D eigenvalue weighted by atomic mass is 19.4. The second-order valence-electron chi connectivity index (χ2n) is 7.42. The summed E-state index contributed by atoms with van der Waals surface area (Å²) in [5.74, 6) is 1.56. The van der Waals surface area contributed by atoms with Gasteiger partial charge in [0.2, 0.25) is 5.91 Å². The van der Waals surface area contributed by atoms with Crippen molar-refractivity contribution in [3.05, 3.63) is 47.0 Å². The summed E-state index contributed by atoms with van der Waals surface area (Å²) in [4.78, 5) is 14.4. The number of hydrogen-bond acceptors (Lipinski definition) is 3. The average molecular weight is 380 g/mol. The van der Waals surface area contributed by atoms with Crippen molar-refractivity contribution < 1.29 is 18.0 Å². The Labute approximate surface area is 156 Å². The second-order valence-corrected chi connectivity index (χ2v) is 7.42. The Balaban J connectivity index is 1.82. The monoisotopic (exact) mass is 380 g/mol. The van der Waals surface area contributed by atoms with E-state index in [4.69, 9.17) is 0 Å². The van der Waals surface area contributed by atoms with Crippen LogP contribution in [0.15, 0.2) is 24.3 Å². The lowest BCUT2D eigenvalue weighted by atomic mass is 10.00. The molecule has 1 aliphatic rings. The molecule has 1 amide bonds. The fourth-order valence-corrected chi connectivity index (χ4v) is 3.71. The first kappa shape index (κ1) is 19.4. The largest absolute Gasteiger partial charge is 0.416 e. The maximum Gasteiger partial charge on any atom is 0.416 e. The Morgan fingerprint density at radius 2 is 1.96 bits per heavy atom. The third kappa shape index (κ3) is 4.14. The zero-order valence-electron chi connectivity index (χ0n) is 15.6. The number of carbonyl (C=O) groups excluding carboxylic acids is 1. The van der Waals surface area contributed by atoms with Gasteiger partial charge in [-0.05, 0) is 30.9 Å². The molecule has 1 aromatic carbocycles. The Bertz CT molecular complexity index is 829. The first-order valence-corrected chi connectivity index (χ1v) is 9.00. The molecule has 0 unspecified atom stereocenters. The van der Waals surface area contributed by atoms with Crippen LogP contribution < -0.4 is 0 Å². The molecule has 0 N–H and O–H groups in total. The molecule has 0 fully saturated rings. The lowest BCUT2D eigenvalue weighted by Gasteiger charge is -2.35. The molecule has 0 saturated carbocycles. The van der Waals surface area contributed by atoms with Gasteiger partial charge in [0.05, 0.1) is 24.6 Å². The van der Waals surface area contributed by atoms with Crippen LogP contribution in [0.3, 0.4) is 0 Å². The molecule has 5 nitrogen and oxygen atoms in total. The standard InChI is InChI=1S/C19H23F3N4O/c1-12(2)8-15-10-25(11-17-24-23-13(3)26(15)17)18(27)9-14-6-4-5-7-16(14)19(20,21)22/h4-7,12,15H,8-11H2,1-3H3/t15-/m0/s1. The lowest BCUT2D eigenvalue weighted by molar-refractivity contribution is -0.139. The van der Waals surface area contributed by atoms with Gasteiger partial charge >= 0.3 is 6.18 Å². The number of rotatable bonds is 4. The number of benzene rings is 1. The maximum absolute atomic E-state index is 13.2. The number of amides is 1. The summed E-state index contributed by atoms with van der Waals surface area (Å²) in [6.07, 6.45) is -3.91. The van der Waals surface area contributed by atoms with Crippen LogP contribution in [-0.2, 0) is 23.9 Å². The molecule has 27 heavy (non-hydrogen) atoms. The summed E-state index contributed by atoms with van der Waals surface area (Å²) in [6.45, 7) is 6.79. The molecule has 1 aliphatic heterocycles. The normalized spacial score (nSPS) is 17.3. The van der Waals surface area contributed by atoms with Crippen molar-refractivity contribution in [3.63, 3.8) is 0 Å². The summed E-state index contributed by atoms with van der Waals surface area (Å²) in [7, 11) is 0. The van der Waals surface area contributed by atoms with Crippen molar-refractivity contribution in [2.45, 2.75) is 52.4 Å². The number of fused-ring (bicyclic) bond motifs is 1. The minimum Gasteiger partial charge on any atom is -0.333 e. The highest BCUT2D eigenvalue weighted by molar-refractivity contribution is 5.79. The van der Waals surface area contributed by atoms with Gasteiger partial charge in [-0.25, -0.2) is 0 Å². The first-order valence-electron chi connectivity index (χ1n) is 9.00. The van der Waals surface area contributed by atoms with Gasteiger partial charge in [0.25, 0.3) is 0 Å². The summed E-state index contributed by atoms with van der Waals surface area (Å²) in [5, 5.41) is 8.26. The maximum atomic E-state index is 13.2. The molecule has 2 heterocycles. The predicted molar refractivity (Wildman–Crippen MR) is 93.8 cm³/mol. The number of carbonyl (C=O) groups is 1. The molecule has 146 valence electrons. The molecule has 1 atom stereocenters. The summed E-state index contributed by atoms with van der Waals surface area (Å²) in [6, 6.07) is 5.27. The highest BCUT2D eigenvalue weighted by Gasteiger charge is 2.35. The van der Waals surface area contributed by atoms with Crippen LogP contribution in [0.5, 0.6) is 0 Å². The van der Waals surface area contributed by atoms with Gasteiger partial charge in [-0.15, -0.1) is 10.2 Å². The van der Waals surface area contributed by atoms with Crippen LogP contribution >= 0.6 is 0 Å². The van der Waals surface area contributed by atoms with Gasteiger partial charge in [0, 0.05) is 6.54 Å². The van der Waals surface area contributed by atoms with E-state index in [1.807, 2.05) is 11.5 Å². The number of alkyl halides is 3. The van der Waals surface area contributed by atoms with E-state index < -0.39 is 11.7 Å². The topological polar surface area (TPSA) is 51.0 Å². The second kappa shape index (κ2) is 7.32. The van der Waals surface area contributed by atoms with E-state index in [1.54, 1.807) is 4.90 Å².